The third-order valence-electron chi connectivity index (χ3n) is 14.3. The summed E-state index contributed by atoms with van der Waals surface area (Å²) >= 11 is 0.292. The van der Waals surface area contributed by atoms with Crippen LogP contribution < -0.4 is 31.0 Å². The molecule has 4 aromatic rings. The Balaban J connectivity index is 1.17. The molecule has 2 heterocycles. The minimum absolute atomic E-state index is 0.0811. The molecule has 1 atom stereocenters. The molecular weight excluding hydrogens is 878 g/mol. The van der Waals surface area contributed by atoms with Crippen molar-refractivity contribution in [2.45, 2.75) is 102 Å². The minimum Gasteiger partial charge on any atom is -0.396 e. The third kappa shape index (κ3) is 7.80. The van der Waals surface area contributed by atoms with Crippen molar-refractivity contribution in [3.63, 3.8) is 0 Å². The number of unbranched alkanes of at least 4 members (excludes halogenated alkanes) is 2. The third-order valence-corrected chi connectivity index (χ3v) is 16.2. The molecule has 7 heteroatoms. The second-order valence-corrected chi connectivity index (χ2v) is 21.2. The number of aliphatic carboxylic acids is 1. The summed E-state index contributed by atoms with van der Waals surface area (Å²) < 4.78 is 3.87. The fourth-order valence-corrected chi connectivity index (χ4v) is 12.3. The van der Waals surface area contributed by atoms with Crippen molar-refractivity contribution in [1.82, 2.24) is 0 Å². The number of aliphatic hydroxyl groups excluding tert-OH is 1. The predicted molar refractivity (Wildman–Crippen MR) is 254 cm³/mol. The van der Waals surface area contributed by atoms with Gasteiger partial charge in [0, 0.05) is 36.0 Å². The number of nitrogens with zero attached hydrogens (tertiary/aromatic N) is 3. The van der Waals surface area contributed by atoms with E-state index in [-0.39, 0.29) is 29.3 Å². The molecule has 0 bridgehead atoms. The molecule has 0 amide bonds. The van der Waals surface area contributed by atoms with Gasteiger partial charge in [0.15, 0.2) is 5.71 Å². The first-order valence-corrected chi connectivity index (χ1v) is 26.7. The van der Waals surface area contributed by atoms with Gasteiger partial charge in [-0.3, -0.25) is 4.79 Å². The number of rotatable bonds is 18. The number of fused-ring (bicyclic) bond motifs is 8. The number of carbonyl (C=O) groups is 1. The quantitative estimate of drug-likeness (QED) is 0.0348. The van der Waals surface area contributed by atoms with E-state index in [1.807, 2.05) is 0 Å². The van der Waals surface area contributed by atoms with E-state index >= 15 is 0 Å². The number of allylic oxidation sites excluding steroid dienone is 6. The Morgan fingerprint density at radius 1 is 0.823 bits per heavy atom. The summed E-state index contributed by atoms with van der Waals surface area (Å²) in [5, 5.41) is 19.4. The van der Waals surface area contributed by atoms with Crippen LogP contribution in [0.5, 0.6) is 0 Å². The number of halogens is 1. The summed E-state index contributed by atoms with van der Waals surface area (Å²) in [5.74, 6) is -0.723. The molecule has 0 saturated carbocycles. The molecule has 4 aliphatic rings. The SMILES string of the molecule is CCN(CCC[I-]C)c1ccc2c(c1)C1(CCc3ccccc31)C(=CC=CC=CC1=[N+](CCCCCC(=O)O)c3cc4c(cc3C1(C)C)C(C)(C)c1ccccc1-4)N2CCCO. The molecule has 0 fully saturated rings. The molecule has 62 heavy (non-hydrogen) atoms. The number of aryl methyl sites for hydroxylation is 1. The van der Waals surface area contributed by atoms with E-state index in [1.165, 1.54) is 83.8 Å². The molecule has 2 aliphatic carbocycles. The number of carboxylic acids is 1. The summed E-state index contributed by atoms with van der Waals surface area (Å²) in [6.07, 6.45) is 18.0. The van der Waals surface area contributed by atoms with Gasteiger partial charge in [-0.1, -0.05) is 44.2 Å². The summed E-state index contributed by atoms with van der Waals surface area (Å²) in [4.78, 5) is 18.8. The van der Waals surface area contributed by atoms with E-state index in [1.54, 1.807) is 0 Å². The number of aliphatic hydroxyl groups is 1. The van der Waals surface area contributed by atoms with E-state index in [4.69, 9.17) is 0 Å². The summed E-state index contributed by atoms with van der Waals surface area (Å²) in [6.45, 7) is 15.5. The van der Waals surface area contributed by atoms with Crippen molar-refractivity contribution >= 4 is 28.7 Å². The zero-order chi connectivity index (χ0) is 43.6. The number of carboxylic acid groups (broad SMARTS) is 1. The zero-order valence-electron chi connectivity index (χ0n) is 37.8. The summed E-state index contributed by atoms with van der Waals surface area (Å²) in [5.41, 5.74) is 16.9. The van der Waals surface area contributed by atoms with Gasteiger partial charge < -0.3 is 10.2 Å². The van der Waals surface area contributed by atoms with Crippen LogP contribution in [0.25, 0.3) is 11.1 Å². The van der Waals surface area contributed by atoms with Gasteiger partial charge in [-0.2, -0.15) is 4.58 Å². The average molecular weight is 944 g/mol. The van der Waals surface area contributed by atoms with Crippen molar-refractivity contribution in [3.05, 3.63) is 148 Å². The first kappa shape index (κ1) is 44.1. The van der Waals surface area contributed by atoms with Crippen LogP contribution >= 0.6 is 0 Å². The van der Waals surface area contributed by atoms with Gasteiger partial charge in [-0.15, -0.1) is 0 Å². The number of anilines is 2. The molecule has 0 aromatic heterocycles. The maximum atomic E-state index is 11.3. The van der Waals surface area contributed by atoms with Gasteiger partial charge in [0.1, 0.15) is 6.54 Å². The number of hydrogen-bond acceptors (Lipinski definition) is 4. The molecule has 8 rings (SSSR count). The molecule has 0 saturated heterocycles. The summed E-state index contributed by atoms with van der Waals surface area (Å²) in [7, 11) is 0. The Labute approximate surface area is 381 Å². The van der Waals surface area contributed by atoms with E-state index < -0.39 is 5.97 Å². The van der Waals surface area contributed by atoms with Crippen molar-refractivity contribution < 1.29 is 40.8 Å². The second-order valence-electron chi connectivity index (χ2n) is 18.6. The molecule has 4 aromatic carbocycles. The van der Waals surface area contributed by atoms with Gasteiger partial charge in [-0.05, 0) is 55.0 Å². The smallest absolute Gasteiger partial charge is 0.396 e. The molecule has 326 valence electrons. The Kier molecular flexibility index (Phi) is 13.0. The summed E-state index contributed by atoms with van der Waals surface area (Å²) in [6, 6.07) is 30.0. The van der Waals surface area contributed by atoms with Gasteiger partial charge in [0.05, 0.1) is 5.41 Å². The fourth-order valence-electron chi connectivity index (χ4n) is 11.2. The van der Waals surface area contributed by atoms with Crippen LogP contribution in [0.1, 0.15) is 113 Å². The van der Waals surface area contributed by atoms with Crippen molar-refractivity contribution in [2.24, 2.45) is 0 Å². The van der Waals surface area contributed by atoms with Crippen LogP contribution in [0.4, 0.5) is 17.1 Å². The normalized spacial score (nSPS) is 19.6. The zero-order valence-corrected chi connectivity index (χ0v) is 40.0. The fraction of sp³-hybridized carbons (Fsp3) is 0.418. The Bertz CT molecular complexity index is 2460. The number of hydrogen-bond donors (Lipinski definition) is 2. The molecule has 1 spiro atoms. The Morgan fingerprint density at radius 2 is 1.61 bits per heavy atom. The van der Waals surface area contributed by atoms with Crippen LogP contribution in [-0.2, 0) is 27.5 Å². The van der Waals surface area contributed by atoms with Crippen molar-refractivity contribution in [3.8, 4) is 11.1 Å². The second kappa shape index (κ2) is 18.3. The first-order valence-electron chi connectivity index (χ1n) is 23.0. The number of alkyl halides is 2. The Morgan fingerprint density at radius 3 is 2.39 bits per heavy atom. The molecule has 2 N–H and O–H groups in total. The van der Waals surface area contributed by atoms with Crippen LogP contribution in [-0.4, -0.2) is 68.6 Å². The topological polar surface area (TPSA) is 67.0 Å². The first-order chi connectivity index (χ1) is 30.0. The van der Waals surface area contributed by atoms with E-state index in [0.29, 0.717) is 34.0 Å². The monoisotopic (exact) mass is 943 g/mol. The Hall–Kier alpha value is -4.47. The maximum absolute atomic E-state index is 11.3. The van der Waals surface area contributed by atoms with Crippen LogP contribution in [0, 0.1) is 0 Å². The van der Waals surface area contributed by atoms with Gasteiger partial charge in [-0.25, -0.2) is 0 Å². The van der Waals surface area contributed by atoms with Gasteiger partial charge >= 0.3 is 205 Å². The van der Waals surface area contributed by atoms with Gasteiger partial charge in [0.25, 0.3) is 0 Å². The molecule has 6 nitrogen and oxygen atoms in total. The molecule has 0 radical (unpaired) electrons. The van der Waals surface area contributed by atoms with Crippen molar-refractivity contribution in [1.29, 1.82) is 0 Å². The van der Waals surface area contributed by atoms with E-state index in [2.05, 4.69) is 163 Å². The average Bonchev–Trinajstić information content (AvgIpc) is 3.91. The van der Waals surface area contributed by atoms with Crippen molar-refractivity contribution in [2.75, 3.05) is 51.9 Å². The molecular formula is C55H66IN3O3. The van der Waals surface area contributed by atoms with E-state index in [0.717, 1.165) is 51.9 Å². The number of benzene rings is 4. The minimum atomic E-state index is -0.723. The standard InChI is InChI=1S/C55H66IN3O3/c1-7-57(32-18-31-56-6)40-27-28-48-47(36-40)55(30-29-39-20-13-15-22-43(39)55)51(58(48)34-19-35-60)25-11-8-10-24-50-54(4,5)46-38-45-42(41-21-14-16-23-44(41)53(45,2)3)37-49(46)59(50)33-17-9-12-26-52(61)62/h8,10-11,13-16,20-25,27-28,36-38,60H,7,9,12,17-19,26,29-35H2,1-6H3,(H,61,62). The molecule has 2 aliphatic heterocycles. The predicted octanol–water partition coefficient (Wildman–Crippen LogP) is 8.08. The van der Waals surface area contributed by atoms with Crippen LogP contribution in [0.3, 0.4) is 0 Å². The van der Waals surface area contributed by atoms with Gasteiger partial charge in [0.2, 0.25) is 5.69 Å². The molecule has 1 unspecified atom stereocenters. The van der Waals surface area contributed by atoms with E-state index in [9.17, 15) is 15.0 Å². The van der Waals surface area contributed by atoms with Crippen LogP contribution in [0.2, 0.25) is 0 Å². The van der Waals surface area contributed by atoms with Crippen LogP contribution in [0.15, 0.2) is 115 Å².